The van der Waals surface area contributed by atoms with Gasteiger partial charge in [-0.2, -0.15) is 0 Å². The number of fused-ring (bicyclic) bond motifs is 1. The molecule has 3 aromatic heterocycles. The Balaban J connectivity index is 2.08. The highest BCUT2D eigenvalue weighted by Gasteiger charge is 2.21. The first-order valence-electron chi connectivity index (χ1n) is 8.20. The maximum absolute atomic E-state index is 12.7. The Bertz CT molecular complexity index is 926. The Morgan fingerprint density at radius 2 is 2.04 bits per heavy atom. The number of rotatable bonds is 5. The minimum Gasteiger partial charge on any atom is -0.466 e. The monoisotopic (exact) mass is 342 g/mol. The number of pyridine rings is 1. The largest absolute Gasteiger partial charge is 0.466 e. The van der Waals surface area contributed by atoms with E-state index in [9.17, 15) is 4.79 Å². The van der Waals surface area contributed by atoms with Gasteiger partial charge in [0, 0.05) is 18.2 Å². The zero-order valence-corrected chi connectivity index (χ0v) is 15.1. The van der Waals surface area contributed by atoms with E-state index in [4.69, 9.17) is 8.94 Å². The van der Waals surface area contributed by atoms with E-state index in [0.717, 1.165) is 17.1 Å². The molecule has 132 valence electrons. The van der Waals surface area contributed by atoms with Crippen molar-refractivity contribution in [2.75, 3.05) is 13.6 Å². The molecule has 3 rings (SSSR count). The summed E-state index contributed by atoms with van der Waals surface area (Å²) in [4.78, 5) is 17.3. The zero-order valence-electron chi connectivity index (χ0n) is 15.1. The van der Waals surface area contributed by atoms with Crippen LogP contribution < -0.4 is 10.6 Å². The van der Waals surface area contributed by atoms with Crippen LogP contribution in [0.3, 0.4) is 0 Å². The summed E-state index contributed by atoms with van der Waals surface area (Å²) < 4.78 is 10.9. The fraction of sp³-hybridized carbons (Fsp3) is 0.389. The molecule has 3 heterocycles. The second kappa shape index (κ2) is 6.68. The highest BCUT2D eigenvalue weighted by atomic mass is 16.5. The number of carbonyl (C=O) groups is 1. The first kappa shape index (κ1) is 17.2. The second-order valence-electron chi connectivity index (χ2n) is 6.23. The molecule has 1 atom stereocenters. The fourth-order valence-corrected chi connectivity index (χ4v) is 2.74. The number of aromatic nitrogens is 2. The average molecular weight is 342 g/mol. The van der Waals surface area contributed by atoms with E-state index in [1.807, 2.05) is 33.9 Å². The van der Waals surface area contributed by atoms with Gasteiger partial charge in [-0.3, -0.25) is 4.79 Å². The Kier molecular flexibility index (Phi) is 4.59. The highest BCUT2D eigenvalue weighted by molar-refractivity contribution is 6.07. The predicted octanol–water partition coefficient (Wildman–Crippen LogP) is 2.75. The summed E-state index contributed by atoms with van der Waals surface area (Å²) in [6, 6.07) is 3.84. The van der Waals surface area contributed by atoms with Crippen LogP contribution in [-0.4, -0.2) is 35.7 Å². The van der Waals surface area contributed by atoms with Gasteiger partial charge in [-0.05, 0) is 46.9 Å². The molecule has 0 spiro atoms. The minimum atomic E-state index is -0.181. The molecule has 0 radical (unpaired) electrons. The SMILES string of the molecule is CNC(C)CNC(=O)c1cc(-c2cc(C)oc2C)nc2onc(C)c12. The van der Waals surface area contributed by atoms with Crippen molar-refractivity contribution in [2.24, 2.45) is 0 Å². The van der Waals surface area contributed by atoms with Gasteiger partial charge in [0.2, 0.25) is 0 Å². The number of hydrogen-bond donors (Lipinski definition) is 2. The fourth-order valence-electron chi connectivity index (χ4n) is 2.74. The van der Waals surface area contributed by atoms with Crippen LogP contribution in [0, 0.1) is 20.8 Å². The lowest BCUT2D eigenvalue weighted by Crippen LogP contribution is -2.37. The standard InChI is InChI=1S/C18H22N4O3/c1-9(19-5)8-20-17(23)14-7-15(13-6-10(2)24-12(13)4)21-18-16(14)11(3)22-25-18/h6-7,9,19H,8H2,1-5H3,(H,20,23). The summed E-state index contributed by atoms with van der Waals surface area (Å²) in [5.41, 5.74) is 2.96. The van der Waals surface area contributed by atoms with Crippen LogP contribution in [0.1, 0.15) is 34.5 Å². The predicted molar refractivity (Wildman–Crippen MR) is 94.6 cm³/mol. The molecule has 0 aromatic carbocycles. The lowest BCUT2D eigenvalue weighted by atomic mass is 10.1. The number of hydrogen-bond acceptors (Lipinski definition) is 6. The van der Waals surface area contributed by atoms with Crippen LogP contribution in [0.4, 0.5) is 0 Å². The van der Waals surface area contributed by atoms with E-state index in [2.05, 4.69) is 20.8 Å². The molecule has 0 aliphatic heterocycles. The van der Waals surface area contributed by atoms with E-state index in [1.54, 1.807) is 13.0 Å². The van der Waals surface area contributed by atoms with Gasteiger partial charge in [0.05, 0.1) is 22.3 Å². The molecule has 1 amide bonds. The molecule has 1 unspecified atom stereocenters. The molecule has 7 nitrogen and oxygen atoms in total. The Morgan fingerprint density at radius 1 is 1.28 bits per heavy atom. The van der Waals surface area contributed by atoms with E-state index in [0.29, 0.717) is 34.6 Å². The number of nitrogens with one attached hydrogen (secondary N) is 2. The molecule has 0 saturated carbocycles. The normalized spacial score (nSPS) is 12.5. The lowest BCUT2D eigenvalue weighted by molar-refractivity contribution is 0.0952. The van der Waals surface area contributed by atoms with Gasteiger partial charge in [-0.15, -0.1) is 0 Å². The van der Waals surface area contributed by atoms with Crippen LogP contribution >= 0.6 is 0 Å². The summed E-state index contributed by atoms with van der Waals surface area (Å²) in [5, 5.41) is 10.6. The number of aryl methyl sites for hydroxylation is 3. The molecule has 0 aliphatic rings. The third-order valence-corrected chi connectivity index (χ3v) is 4.24. The average Bonchev–Trinajstić information content (AvgIpc) is 3.13. The molecule has 25 heavy (non-hydrogen) atoms. The minimum absolute atomic E-state index is 0.170. The lowest BCUT2D eigenvalue weighted by Gasteiger charge is -2.12. The van der Waals surface area contributed by atoms with Crippen LogP contribution in [-0.2, 0) is 0 Å². The van der Waals surface area contributed by atoms with Crippen molar-refractivity contribution in [1.29, 1.82) is 0 Å². The maximum Gasteiger partial charge on any atom is 0.259 e. The smallest absolute Gasteiger partial charge is 0.259 e. The molecule has 2 N–H and O–H groups in total. The van der Waals surface area contributed by atoms with Gasteiger partial charge < -0.3 is 19.6 Å². The van der Waals surface area contributed by atoms with Gasteiger partial charge in [0.25, 0.3) is 11.6 Å². The number of nitrogens with zero attached hydrogens (tertiary/aromatic N) is 2. The maximum atomic E-state index is 12.7. The van der Waals surface area contributed by atoms with Gasteiger partial charge in [-0.25, -0.2) is 4.98 Å². The summed E-state index contributed by atoms with van der Waals surface area (Å²) in [7, 11) is 1.85. The molecule has 3 aromatic rings. The summed E-state index contributed by atoms with van der Waals surface area (Å²) in [6.45, 7) is 8.06. The van der Waals surface area contributed by atoms with Crippen molar-refractivity contribution >= 4 is 17.0 Å². The van der Waals surface area contributed by atoms with Crippen molar-refractivity contribution in [2.45, 2.75) is 33.7 Å². The van der Waals surface area contributed by atoms with Crippen LogP contribution in [0.25, 0.3) is 22.4 Å². The number of carbonyl (C=O) groups excluding carboxylic acids is 1. The van der Waals surface area contributed by atoms with Gasteiger partial charge in [0.1, 0.15) is 11.5 Å². The number of amides is 1. The Labute approximate surface area is 145 Å². The topological polar surface area (TPSA) is 93.2 Å². The molecule has 0 aliphatic carbocycles. The van der Waals surface area contributed by atoms with E-state index in [-0.39, 0.29) is 11.9 Å². The first-order valence-corrected chi connectivity index (χ1v) is 8.20. The quantitative estimate of drug-likeness (QED) is 0.740. The van der Waals surface area contributed by atoms with Gasteiger partial charge in [-0.1, -0.05) is 5.16 Å². The number of likely N-dealkylation sites (N-methyl/N-ethyl adjacent to an activating group) is 1. The Morgan fingerprint density at radius 3 is 2.68 bits per heavy atom. The molecular formula is C18H22N4O3. The third-order valence-electron chi connectivity index (χ3n) is 4.24. The zero-order chi connectivity index (χ0) is 18.1. The molecule has 0 fully saturated rings. The second-order valence-corrected chi connectivity index (χ2v) is 6.23. The van der Waals surface area contributed by atoms with Gasteiger partial charge in [0.15, 0.2) is 0 Å². The summed E-state index contributed by atoms with van der Waals surface area (Å²) >= 11 is 0. The molecular weight excluding hydrogens is 320 g/mol. The van der Waals surface area contributed by atoms with E-state index < -0.39 is 0 Å². The Hall–Kier alpha value is -2.67. The number of furan rings is 1. The van der Waals surface area contributed by atoms with Crippen LogP contribution in [0.15, 0.2) is 21.1 Å². The first-order chi connectivity index (χ1) is 11.9. The molecule has 0 saturated heterocycles. The van der Waals surface area contributed by atoms with Crippen molar-refractivity contribution < 1.29 is 13.7 Å². The molecule has 0 bridgehead atoms. The molecule has 7 heteroatoms. The van der Waals surface area contributed by atoms with E-state index >= 15 is 0 Å². The highest BCUT2D eigenvalue weighted by Crippen LogP contribution is 2.30. The van der Waals surface area contributed by atoms with Crippen LogP contribution in [0.5, 0.6) is 0 Å². The third kappa shape index (κ3) is 3.28. The van der Waals surface area contributed by atoms with Crippen molar-refractivity contribution in [1.82, 2.24) is 20.8 Å². The summed E-state index contributed by atoms with van der Waals surface area (Å²) in [5.74, 6) is 1.35. The van der Waals surface area contributed by atoms with E-state index in [1.165, 1.54) is 0 Å². The van der Waals surface area contributed by atoms with Crippen molar-refractivity contribution in [3.8, 4) is 11.3 Å². The summed E-state index contributed by atoms with van der Waals surface area (Å²) in [6.07, 6.45) is 0. The van der Waals surface area contributed by atoms with Crippen molar-refractivity contribution in [3.05, 3.63) is 34.9 Å². The van der Waals surface area contributed by atoms with Crippen molar-refractivity contribution in [3.63, 3.8) is 0 Å². The van der Waals surface area contributed by atoms with Gasteiger partial charge >= 0.3 is 0 Å². The van der Waals surface area contributed by atoms with Crippen LogP contribution in [0.2, 0.25) is 0 Å².